The van der Waals surface area contributed by atoms with Gasteiger partial charge >= 0.3 is 0 Å². The SMILES string of the molecule is Fc1ccc2[c]cccc2n1. The minimum atomic E-state index is -0.447. The molecular formula is C9H5FN. The number of fused-ring (bicyclic) bond motifs is 1. The first-order chi connectivity index (χ1) is 5.36. The van der Waals surface area contributed by atoms with Crippen LogP contribution in [-0.2, 0) is 0 Å². The zero-order valence-electron chi connectivity index (χ0n) is 5.71. The molecule has 2 heteroatoms. The fourth-order valence-electron chi connectivity index (χ4n) is 0.976. The molecule has 0 aliphatic carbocycles. The predicted octanol–water partition coefficient (Wildman–Crippen LogP) is 2.17. The van der Waals surface area contributed by atoms with Crippen LogP contribution in [0.5, 0.6) is 0 Å². The third kappa shape index (κ3) is 1.07. The molecule has 0 saturated heterocycles. The number of aromatic nitrogens is 1. The zero-order chi connectivity index (χ0) is 7.68. The first-order valence-electron chi connectivity index (χ1n) is 3.29. The quantitative estimate of drug-likeness (QED) is 0.519. The van der Waals surface area contributed by atoms with Gasteiger partial charge in [0.15, 0.2) is 0 Å². The standard InChI is InChI=1S/C9H5FN/c10-9-6-5-7-3-1-2-4-8(7)11-9/h1-2,4-6H. The Kier molecular flexibility index (Phi) is 1.32. The fourth-order valence-corrected chi connectivity index (χ4v) is 0.976. The normalized spacial score (nSPS) is 10.3. The van der Waals surface area contributed by atoms with Crippen LogP contribution in [0.1, 0.15) is 0 Å². The number of rotatable bonds is 0. The van der Waals surface area contributed by atoms with E-state index >= 15 is 0 Å². The van der Waals surface area contributed by atoms with E-state index in [9.17, 15) is 4.39 Å². The third-order valence-electron chi connectivity index (χ3n) is 1.48. The molecular weight excluding hydrogens is 141 g/mol. The average molecular weight is 146 g/mol. The second kappa shape index (κ2) is 2.31. The van der Waals surface area contributed by atoms with Crippen molar-refractivity contribution in [3.8, 4) is 0 Å². The van der Waals surface area contributed by atoms with E-state index < -0.39 is 5.95 Å². The molecule has 11 heavy (non-hydrogen) atoms. The monoisotopic (exact) mass is 146 g/mol. The number of hydrogen-bond donors (Lipinski definition) is 0. The molecule has 0 spiro atoms. The van der Waals surface area contributed by atoms with E-state index in [0.29, 0.717) is 5.52 Å². The van der Waals surface area contributed by atoms with E-state index in [4.69, 9.17) is 0 Å². The number of halogens is 1. The van der Waals surface area contributed by atoms with Crippen molar-refractivity contribution in [2.75, 3.05) is 0 Å². The maximum atomic E-state index is 12.5. The molecule has 1 aromatic carbocycles. The van der Waals surface area contributed by atoms with Gasteiger partial charge in [0.25, 0.3) is 0 Å². The minimum absolute atomic E-state index is 0.447. The summed E-state index contributed by atoms with van der Waals surface area (Å²) >= 11 is 0. The molecule has 0 fully saturated rings. The van der Waals surface area contributed by atoms with Crippen LogP contribution in [0.4, 0.5) is 4.39 Å². The molecule has 0 aliphatic heterocycles. The summed E-state index contributed by atoms with van der Waals surface area (Å²) in [5.41, 5.74) is 0.646. The molecule has 53 valence electrons. The lowest BCUT2D eigenvalue weighted by Crippen LogP contribution is -1.82. The second-order valence-electron chi connectivity index (χ2n) is 2.24. The lowest BCUT2D eigenvalue weighted by atomic mass is 10.2. The summed E-state index contributed by atoms with van der Waals surface area (Å²) in [6, 6.07) is 11.3. The summed E-state index contributed by atoms with van der Waals surface area (Å²) in [6.45, 7) is 0. The fraction of sp³-hybridized carbons (Fsp3) is 0. The molecule has 0 amide bonds. The number of benzene rings is 1. The molecule has 0 N–H and O–H groups in total. The highest BCUT2D eigenvalue weighted by molar-refractivity contribution is 5.77. The van der Waals surface area contributed by atoms with Crippen LogP contribution in [0.2, 0.25) is 0 Å². The summed E-state index contributed by atoms with van der Waals surface area (Å²) in [5, 5.41) is 0.842. The summed E-state index contributed by atoms with van der Waals surface area (Å²) in [5.74, 6) is -0.447. The van der Waals surface area contributed by atoms with Gasteiger partial charge in [-0.3, -0.25) is 0 Å². The molecule has 0 bridgehead atoms. The van der Waals surface area contributed by atoms with Gasteiger partial charge < -0.3 is 0 Å². The van der Waals surface area contributed by atoms with Gasteiger partial charge in [-0.15, -0.1) is 0 Å². The van der Waals surface area contributed by atoms with Crippen LogP contribution in [0, 0.1) is 12.0 Å². The maximum absolute atomic E-state index is 12.5. The highest BCUT2D eigenvalue weighted by Gasteiger charge is 1.93. The molecule has 0 unspecified atom stereocenters. The highest BCUT2D eigenvalue weighted by atomic mass is 19.1. The Morgan fingerprint density at radius 3 is 3.09 bits per heavy atom. The Balaban J connectivity index is 2.83. The Labute approximate surface area is 63.5 Å². The van der Waals surface area contributed by atoms with Gasteiger partial charge in [-0.05, 0) is 24.3 Å². The van der Waals surface area contributed by atoms with Gasteiger partial charge in [0.1, 0.15) is 0 Å². The molecule has 2 aromatic rings. The summed E-state index contributed by atoms with van der Waals surface area (Å²) in [6.07, 6.45) is 0. The van der Waals surface area contributed by atoms with Crippen LogP contribution in [0.3, 0.4) is 0 Å². The van der Waals surface area contributed by atoms with Gasteiger partial charge in [-0.1, -0.05) is 12.1 Å². The Morgan fingerprint density at radius 1 is 1.27 bits per heavy atom. The van der Waals surface area contributed by atoms with Crippen LogP contribution in [0.15, 0.2) is 30.3 Å². The topological polar surface area (TPSA) is 12.9 Å². The van der Waals surface area contributed by atoms with E-state index in [1.54, 1.807) is 24.3 Å². The number of nitrogens with zero attached hydrogens (tertiary/aromatic N) is 1. The Hall–Kier alpha value is -1.44. The predicted molar refractivity (Wildman–Crippen MR) is 40.5 cm³/mol. The highest BCUT2D eigenvalue weighted by Crippen LogP contribution is 2.09. The van der Waals surface area contributed by atoms with E-state index in [0.717, 1.165) is 5.39 Å². The van der Waals surface area contributed by atoms with E-state index in [1.165, 1.54) is 6.07 Å². The summed E-state index contributed by atoms with van der Waals surface area (Å²) in [4.78, 5) is 3.68. The Morgan fingerprint density at radius 2 is 2.18 bits per heavy atom. The lowest BCUT2D eigenvalue weighted by Gasteiger charge is -1.93. The van der Waals surface area contributed by atoms with Crippen molar-refractivity contribution in [2.45, 2.75) is 0 Å². The number of hydrogen-bond acceptors (Lipinski definition) is 1. The van der Waals surface area contributed by atoms with Gasteiger partial charge in [-0.2, -0.15) is 4.39 Å². The van der Waals surface area contributed by atoms with Crippen molar-refractivity contribution in [1.82, 2.24) is 4.98 Å². The first-order valence-corrected chi connectivity index (χ1v) is 3.29. The van der Waals surface area contributed by atoms with Gasteiger partial charge in [-0.25, -0.2) is 4.98 Å². The van der Waals surface area contributed by atoms with Crippen LogP contribution < -0.4 is 0 Å². The summed E-state index contributed by atoms with van der Waals surface area (Å²) in [7, 11) is 0. The smallest absolute Gasteiger partial charge is 0.213 e. The number of pyridine rings is 1. The van der Waals surface area contributed by atoms with Crippen molar-refractivity contribution in [2.24, 2.45) is 0 Å². The molecule has 0 atom stereocenters. The van der Waals surface area contributed by atoms with Crippen molar-refractivity contribution in [3.63, 3.8) is 0 Å². The van der Waals surface area contributed by atoms with Crippen molar-refractivity contribution in [1.29, 1.82) is 0 Å². The van der Waals surface area contributed by atoms with Gasteiger partial charge in [0, 0.05) is 5.39 Å². The van der Waals surface area contributed by atoms with Crippen molar-refractivity contribution in [3.05, 3.63) is 42.3 Å². The van der Waals surface area contributed by atoms with Crippen molar-refractivity contribution >= 4 is 10.9 Å². The second-order valence-corrected chi connectivity index (χ2v) is 2.24. The van der Waals surface area contributed by atoms with E-state index in [2.05, 4.69) is 11.1 Å². The molecule has 0 aliphatic rings. The average Bonchev–Trinajstić information content (AvgIpc) is 2.04. The van der Waals surface area contributed by atoms with Crippen LogP contribution in [-0.4, -0.2) is 4.98 Å². The third-order valence-corrected chi connectivity index (χ3v) is 1.48. The van der Waals surface area contributed by atoms with Crippen molar-refractivity contribution < 1.29 is 4.39 Å². The molecule has 1 aromatic heterocycles. The zero-order valence-corrected chi connectivity index (χ0v) is 5.71. The molecule has 1 radical (unpaired) electrons. The van der Waals surface area contributed by atoms with Crippen LogP contribution in [0.25, 0.3) is 10.9 Å². The van der Waals surface area contributed by atoms with E-state index in [-0.39, 0.29) is 0 Å². The van der Waals surface area contributed by atoms with E-state index in [1.807, 2.05) is 0 Å². The largest absolute Gasteiger partial charge is 0.220 e. The Bertz CT molecular complexity index is 384. The van der Waals surface area contributed by atoms with Gasteiger partial charge in [0.05, 0.1) is 5.52 Å². The molecule has 2 rings (SSSR count). The summed E-state index contributed by atoms with van der Waals surface area (Å²) < 4.78 is 12.5. The van der Waals surface area contributed by atoms with Crippen LogP contribution >= 0.6 is 0 Å². The molecule has 0 saturated carbocycles. The van der Waals surface area contributed by atoms with Gasteiger partial charge in [0.2, 0.25) is 5.95 Å². The molecule has 1 nitrogen and oxygen atoms in total. The first kappa shape index (κ1) is 6.28. The molecule has 1 heterocycles. The maximum Gasteiger partial charge on any atom is 0.213 e. The minimum Gasteiger partial charge on any atom is -0.220 e. The lowest BCUT2D eigenvalue weighted by molar-refractivity contribution is 0.589.